The lowest BCUT2D eigenvalue weighted by Gasteiger charge is -2.60. The number of fused-ring (bicyclic) bond motifs is 2. The van der Waals surface area contributed by atoms with Gasteiger partial charge in [-0.2, -0.15) is 0 Å². The van der Waals surface area contributed by atoms with Gasteiger partial charge in [0.15, 0.2) is 0 Å². The van der Waals surface area contributed by atoms with Crippen molar-refractivity contribution < 1.29 is 0 Å². The largest absolute Gasteiger partial charge is 0.362 e. The fraction of sp³-hybridized carbons (Fsp3) is 0.941. The van der Waals surface area contributed by atoms with Crippen molar-refractivity contribution in [2.75, 3.05) is 26.2 Å². The summed E-state index contributed by atoms with van der Waals surface area (Å²) >= 11 is 5.81. The molecule has 4 unspecified atom stereocenters. The first-order valence-corrected chi connectivity index (χ1v) is 9.45. The summed E-state index contributed by atoms with van der Waals surface area (Å²) in [5.41, 5.74) is 0. The molecule has 21 heavy (non-hydrogen) atoms. The van der Waals surface area contributed by atoms with E-state index in [0.29, 0.717) is 6.04 Å². The molecule has 4 rings (SSSR count). The molecule has 4 aliphatic rings. The van der Waals surface area contributed by atoms with Gasteiger partial charge in [0.05, 0.1) is 4.99 Å². The Balaban J connectivity index is 1.59. The number of nitrogens with one attached hydrogen (secondary N) is 1. The van der Waals surface area contributed by atoms with Crippen LogP contribution in [0.5, 0.6) is 0 Å². The third-order valence-corrected chi connectivity index (χ3v) is 6.83. The van der Waals surface area contributed by atoms with Crippen LogP contribution in [0.15, 0.2) is 0 Å². The molecule has 0 radical (unpaired) electrons. The van der Waals surface area contributed by atoms with E-state index in [1.807, 2.05) is 0 Å². The van der Waals surface area contributed by atoms with Crippen LogP contribution in [0.3, 0.4) is 0 Å². The zero-order valence-corrected chi connectivity index (χ0v) is 14.1. The summed E-state index contributed by atoms with van der Waals surface area (Å²) in [6.07, 6.45) is 8.07. The van der Waals surface area contributed by atoms with E-state index in [1.165, 1.54) is 56.7 Å². The summed E-state index contributed by atoms with van der Waals surface area (Å²) in [5, 5.41) is 3.67. The molecule has 4 heteroatoms. The summed E-state index contributed by atoms with van der Waals surface area (Å²) < 4.78 is 0. The Morgan fingerprint density at radius 3 is 2.86 bits per heavy atom. The topological polar surface area (TPSA) is 18.5 Å². The van der Waals surface area contributed by atoms with Gasteiger partial charge in [-0.1, -0.05) is 19.1 Å². The van der Waals surface area contributed by atoms with Crippen molar-refractivity contribution in [1.82, 2.24) is 15.1 Å². The normalized spacial score (nSPS) is 43.4. The molecule has 0 aliphatic carbocycles. The molecular formula is C17H29N3S. The van der Waals surface area contributed by atoms with Gasteiger partial charge < -0.3 is 10.2 Å². The van der Waals surface area contributed by atoms with Crippen LogP contribution in [0.4, 0.5) is 0 Å². The molecule has 0 bridgehead atoms. The third kappa shape index (κ3) is 2.43. The van der Waals surface area contributed by atoms with Crippen LogP contribution in [-0.4, -0.2) is 59.1 Å². The minimum absolute atomic E-state index is 0.624. The highest BCUT2D eigenvalue weighted by molar-refractivity contribution is 7.80. The van der Waals surface area contributed by atoms with E-state index < -0.39 is 0 Å². The van der Waals surface area contributed by atoms with Crippen LogP contribution in [-0.2, 0) is 0 Å². The van der Waals surface area contributed by atoms with Crippen LogP contribution in [0, 0.1) is 11.8 Å². The average Bonchev–Trinajstić information content (AvgIpc) is 2.49. The maximum Gasteiger partial charge on any atom is 0.0797 e. The van der Waals surface area contributed by atoms with Crippen LogP contribution >= 0.6 is 12.2 Å². The van der Waals surface area contributed by atoms with E-state index in [0.717, 1.165) is 36.9 Å². The lowest BCUT2D eigenvalue weighted by atomic mass is 9.67. The van der Waals surface area contributed by atoms with Crippen LogP contribution in [0.1, 0.15) is 45.4 Å². The highest BCUT2D eigenvalue weighted by Gasteiger charge is 2.50. The molecule has 0 saturated carbocycles. The van der Waals surface area contributed by atoms with Crippen molar-refractivity contribution in [2.45, 2.75) is 63.6 Å². The van der Waals surface area contributed by atoms with Crippen molar-refractivity contribution in [2.24, 2.45) is 11.8 Å². The maximum absolute atomic E-state index is 5.81. The van der Waals surface area contributed by atoms with Gasteiger partial charge in [0, 0.05) is 31.1 Å². The first-order valence-electron chi connectivity index (χ1n) is 9.05. The molecule has 0 amide bonds. The summed E-state index contributed by atoms with van der Waals surface area (Å²) in [6.45, 7) is 7.25. The van der Waals surface area contributed by atoms with E-state index >= 15 is 0 Å². The Hall–Kier alpha value is -0.190. The fourth-order valence-corrected chi connectivity index (χ4v) is 6.14. The molecule has 4 saturated heterocycles. The van der Waals surface area contributed by atoms with Crippen molar-refractivity contribution in [3.63, 3.8) is 0 Å². The zero-order chi connectivity index (χ0) is 14.4. The summed E-state index contributed by atoms with van der Waals surface area (Å²) in [6, 6.07) is 2.22. The SMILES string of the molecule is CCNC1CC(=S)N2CC3CCCN4CCCC(C34)[C@H]2C1. The molecule has 1 N–H and O–H groups in total. The lowest BCUT2D eigenvalue weighted by molar-refractivity contribution is -0.0619. The predicted molar refractivity (Wildman–Crippen MR) is 90.6 cm³/mol. The lowest BCUT2D eigenvalue weighted by Crippen LogP contribution is -2.68. The minimum atomic E-state index is 0.624. The number of thiocarbonyl (C=S) groups is 1. The second kappa shape index (κ2) is 5.78. The van der Waals surface area contributed by atoms with Crippen molar-refractivity contribution in [3.05, 3.63) is 0 Å². The van der Waals surface area contributed by atoms with Crippen LogP contribution < -0.4 is 5.32 Å². The highest BCUT2D eigenvalue weighted by Crippen LogP contribution is 2.44. The van der Waals surface area contributed by atoms with Gasteiger partial charge in [-0.3, -0.25) is 4.90 Å². The molecule has 0 aromatic rings. The molecule has 5 atom stereocenters. The third-order valence-electron chi connectivity index (χ3n) is 6.43. The number of nitrogens with zero attached hydrogens (tertiary/aromatic N) is 2. The molecule has 0 aromatic carbocycles. The van der Waals surface area contributed by atoms with E-state index in [2.05, 4.69) is 22.0 Å². The Morgan fingerprint density at radius 2 is 2.05 bits per heavy atom. The molecule has 4 fully saturated rings. The van der Waals surface area contributed by atoms with E-state index in [-0.39, 0.29) is 0 Å². The molecule has 3 nitrogen and oxygen atoms in total. The Labute approximate surface area is 134 Å². The maximum atomic E-state index is 5.81. The van der Waals surface area contributed by atoms with Gasteiger partial charge in [-0.25, -0.2) is 0 Å². The molecule has 0 aromatic heterocycles. The molecular weight excluding hydrogens is 278 g/mol. The second-order valence-corrected chi connectivity index (χ2v) is 8.01. The van der Waals surface area contributed by atoms with Gasteiger partial charge in [0.25, 0.3) is 0 Å². The highest BCUT2D eigenvalue weighted by atomic mass is 32.1. The average molecular weight is 308 g/mol. The quantitative estimate of drug-likeness (QED) is 0.789. The number of rotatable bonds is 2. The summed E-state index contributed by atoms with van der Waals surface area (Å²) in [7, 11) is 0. The number of piperidine rings is 4. The standard InChI is InChI=1S/C17H29N3S/c1-2-18-13-9-15-14-6-4-8-19-7-3-5-12(17(14)19)11-20(15)16(21)10-13/h12-15,17-18H,2-11H2,1H3/t12?,13?,14?,15-,17?/m1/s1. The monoisotopic (exact) mass is 307 g/mol. The van der Waals surface area contributed by atoms with E-state index in [4.69, 9.17) is 12.2 Å². The van der Waals surface area contributed by atoms with Gasteiger partial charge in [-0.05, 0) is 63.6 Å². The van der Waals surface area contributed by atoms with E-state index in [9.17, 15) is 0 Å². The second-order valence-electron chi connectivity index (χ2n) is 7.54. The zero-order valence-electron chi connectivity index (χ0n) is 13.3. The number of hydrogen-bond acceptors (Lipinski definition) is 3. The smallest absolute Gasteiger partial charge is 0.0797 e. The minimum Gasteiger partial charge on any atom is -0.362 e. The Bertz CT molecular complexity index is 411. The Morgan fingerprint density at radius 1 is 1.24 bits per heavy atom. The Kier molecular flexibility index (Phi) is 3.97. The summed E-state index contributed by atoms with van der Waals surface area (Å²) in [5.74, 6) is 1.76. The summed E-state index contributed by atoms with van der Waals surface area (Å²) in [4.78, 5) is 6.74. The van der Waals surface area contributed by atoms with Gasteiger partial charge in [-0.15, -0.1) is 0 Å². The van der Waals surface area contributed by atoms with Crippen molar-refractivity contribution in [1.29, 1.82) is 0 Å². The van der Waals surface area contributed by atoms with Crippen molar-refractivity contribution in [3.8, 4) is 0 Å². The number of hydrogen-bond donors (Lipinski definition) is 1. The first-order chi connectivity index (χ1) is 10.3. The molecule has 118 valence electrons. The van der Waals surface area contributed by atoms with Gasteiger partial charge >= 0.3 is 0 Å². The van der Waals surface area contributed by atoms with Crippen LogP contribution in [0.2, 0.25) is 0 Å². The molecule has 4 aliphatic heterocycles. The van der Waals surface area contributed by atoms with Crippen molar-refractivity contribution >= 4 is 17.2 Å². The first kappa shape index (κ1) is 14.4. The fourth-order valence-electron chi connectivity index (χ4n) is 5.73. The molecule has 4 heterocycles. The molecule has 0 spiro atoms. The van der Waals surface area contributed by atoms with Gasteiger partial charge in [0.1, 0.15) is 0 Å². The van der Waals surface area contributed by atoms with E-state index in [1.54, 1.807) is 0 Å². The van der Waals surface area contributed by atoms with Crippen LogP contribution in [0.25, 0.3) is 0 Å². The predicted octanol–water partition coefficient (Wildman–Crippen LogP) is 2.26. The van der Waals surface area contributed by atoms with Gasteiger partial charge in [0.2, 0.25) is 0 Å².